The predicted molar refractivity (Wildman–Crippen MR) is 451 cm³/mol. The number of nitrogens with one attached hydrogen (secondary N) is 8. The summed E-state index contributed by atoms with van der Waals surface area (Å²) >= 11 is 0. The Labute approximate surface area is 729 Å². The summed E-state index contributed by atoms with van der Waals surface area (Å²) in [6.45, 7) is 11.5. The average Bonchev–Trinajstić information content (AvgIpc) is 1.60. The number of rotatable bonds is 10. The molecule has 678 valence electrons. The molecule has 5 aromatic rings. The van der Waals surface area contributed by atoms with E-state index in [-0.39, 0.29) is 156 Å². The highest BCUT2D eigenvalue weighted by Crippen LogP contribution is 2.43. The molecule has 10 bridgehead atoms. The van der Waals surface area contributed by atoms with Gasteiger partial charge in [0.15, 0.2) is 29.3 Å². The van der Waals surface area contributed by atoms with Crippen LogP contribution in [0, 0.1) is 5.92 Å². The highest BCUT2D eigenvalue weighted by Gasteiger charge is 2.47. The first-order valence-electron chi connectivity index (χ1n) is 41.2. The number of hydrogen-bond donors (Lipinski definition) is 12. The van der Waals surface area contributed by atoms with Gasteiger partial charge in [-0.1, -0.05) is 73.7 Å². The Kier molecular flexibility index (Phi) is 33.7. The lowest BCUT2D eigenvalue weighted by atomic mass is 9.98. The first-order valence-corrected chi connectivity index (χ1v) is 41.2. The molecule has 7 aliphatic rings. The highest BCUT2D eigenvalue weighted by atomic mass is 16.6. The van der Waals surface area contributed by atoms with Crippen molar-refractivity contribution in [3.05, 3.63) is 160 Å². The Morgan fingerprint density at radius 1 is 0.528 bits per heavy atom. The highest BCUT2D eigenvalue weighted by molar-refractivity contribution is 6.08. The maximum atomic E-state index is 14.5. The molecule has 127 heavy (non-hydrogen) atoms. The first kappa shape index (κ1) is 95.6. The van der Waals surface area contributed by atoms with Crippen LogP contribution in [0.4, 0.5) is 32.3 Å². The van der Waals surface area contributed by atoms with Crippen molar-refractivity contribution in [2.75, 3.05) is 80.1 Å². The van der Waals surface area contributed by atoms with Crippen LogP contribution in [0.25, 0.3) is 0 Å². The predicted octanol–water partition coefficient (Wildman–Crippen LogP) is 4.50. The summed E-state index contributed by atoms with van der Waals surface area (Å²) in [6.07, 6.45) is -7.12. The Balaban J connectivity index is 0.843. The number of nitrogens with zero attached hydrogens (tertiary/aromatic N) is 4. The Morgan fingerprint density at radius 3 is 1.68 bits per heavy atom. The monoisotopic (exact) mass is 1760 g/mol. The molecule has 39 nitrogen and oxygen atoms in total. The van der Waals surface area contributed by atoms with Crippen molar-refractivity contribution in [2.24, 2.45) is 5.92 Å². The molecule has 0 saturated carbocycles. The number of aliphatic hydroxyl groups is 2. The molecule has 12 rings (SSSR count). The van der Waals surface area contributed by atoms with Gasteiger partial charge < -0.3 is 106 Å². The second-order valence-electron chi connectivity index (χ2n) is 31.3. The molecule has 0 spiro atoms. The van der Waals surface area contributed by atoms with Gasteiger partial charge in [-0.2, -0.15) is 0 Å². The van der Waals surface area contributed by atoms with Gasteiger partial charge in [-0.3, -0.25) is 72.0 Å². The van der Waals surface area contributed by atoms with E-state index < -0.39 is 188 Å². The summed E-state index contributed by atoms with van der Waals surface area (Å²) in [4.78, 5) is 220. The molecule has 7 aliphatic heterocycles. The van der Waals surface area contributed by atoms with Crippen molar-refractivity contribution in [1.29, 1.82) is 0 Å². The topological polar surface area (TPSA) is 528 Å². The standard InChI is InChI=1S/C88H104N12O27/c1-48-32-61-42-99-64-38-69(58(43-101)36-62(64)84(116)97(61)40-48)124-46-56-10-8-11-57(35-56)47-125-71-39-65-63(37-70(71)121-7)85(117)98-41-49(2)33-66(98)86(118)100(65)88(120)127-45-55-13-17-59(18-14-55)93-80(112)50(3)34-68(103)51(4)90-74(106)26-30-123-31-27-89-83(115)79(96-73(105)22-24-77(110)111)78(95-72(104)21-23-76(108)109)67(102)12-9-28-122-29-25-75(107)91-52(5)81(113)92-53(6)82(114)94-60-19-15-54(16-20-60)44-126-87(99)119/h8,10-11,13-20,35-39,50-53,61,66,78-79,86,101,118H,1-2,9,12,21-34,40-47H2,3-7H3,(H,89,115)(H,90,106)(H,91,107)(H,92,113)(H,93,112)(H,94,114)(H,95,104)(H,96,105)(H,108,109)(H,110,111)/t50?,51?,52?,53?,61-,66-,78?,79?,86-/m0/s1. The maximum absolute atomic E-state index is 14.5. The number of hydrogen-bond acceptors (Lipinski definition) is 25. The summed E-state index contributed by atoms with van der Waals surface area (Å²) in [6, 6.07) is 16.8. The van der Waals surface area contributed by atoms with Crippen LogP contribution in [-0.2, 0) is 110 Å². The average molecular weight is 1760 g/mol. The molecule has 2 saturated heterocycles. The lowest BCUT2D eigenvalue weighted by Crippen LogP contribution is -2.61. The third-order valence-electron chi connectivity index (χ3n) is 21.5. The van der Waals surface area contributed by atoms with E-state index in [0.29, 0.717) is 45.6 Å². The molecule has 12 amide bonds. The van der Waals surface area contributed by atoms with Crippen LogP contribution in [0.1, 0.15) is 147 Å². The number of carbonyl (C=O) groups excluding carboxylic acids is 14. The van der Waals surface area contributed by atoms with Gasteiger partial charge in [0.2, 0.25) is 47.3 Å². The van der Waals surface area contributed by atoms with Crippen LogP contribution >= 0.6 is 0 Å². The zero-order chi connectivity index (χ0) is 91.9. The van der Waals surface area contributed by atoms with Crippen LogP contribution in [0.3, 0.4) is 0 Å². The zero-order valence-corrected chi connectivity index (χ0v) is 70.8. The van der Waals surface area contributed by atoms with E-state index in [9.17, 15) is 97.1 Å². The van der Waals surface area contributed by atoms with Crippen molar-refractivity contribution >= 4 is 118 Å². The number of Topliss-reactive ketones (excluding diaryl/α,β-unsaturated/α-hetero) is 2. The molecule has 0 aliphatic carbocycles. The molecule has 12 N–H and O–H groups in total. The Bertz CT molecular complexity index is 5020. The minimum absolute atomic E-state index is 0.00315. The van der Waals surface area contributed by atoms with E-state index in [1.807, 2.05) is 0 Å². The Morgan fingerprint density at radius 2 is 1.06 bits per heavy atom. The third kappa shape index (κ3) is 26.2. The van der Waals surface area contributed by atoms with Crippen molar-refractivity contribution < 1.29 is 130 Å². The number of carbonyl (C=O) groups is 16. The number of benzene rings is 5. The number of anilines is 4. The van der Waals surface area contributed by atoms with Gasteiger partial charge in [0.1, 0.15) is 56.3 Å². The Hall–Kier alpha value is -13.7. The summed E-state index contributed by atoms with van der Waals surface area (Å²) in [5.74, 6) is -11.9. The summed E-state index contributed by atoms with van der Waals surface area (Å²) in [7, 11) is 1.37. The van der Waals surface area contributed by atoms with Crippen LogP contribution < -0.4 is 66.5 Å². The van der Waals surface area contributed by atoms with Crippen LogP contribution in [0.5, 0.6) is 17.2 Å². The van der Waals surface area contributed by atoms with Gasteiger partial charge in [0.05, 0.1) is 93.6 Å². The van der Waals surface area contributed by atoms with Gasteiger partial charge in [0, 0.05) is 99.8 Å². The van der Waals surface area contributed by atoms with Crippen molar-refractivity contribution in [3.63, 3.8) is 0 Å². The van der Waals surface area contributed by atoms with Crippen molar-refractivity contribution in [2.45, 2.75) is 180 Å². The molecular formula is C88H104N12O27. The van der Waals surface area contributed by atoms with E-state index in [1.165, 1.54) is 81.0 Å². The lowest BCUT2D eigenvalue weighted by Gasteiger charge is -2.31. The fraction of sp³-hybridized carbons (Fsp3) is 0.432. The van der Waals surface area contributed by atoms with E-state index in [4.69, 9.17) is 33.2 Å². The molecular weight excluding hydrogens is 1660 g/mol. The number of aliphatic carboxylic acids is 2. The minimum atomic E-state index is -1.91. The fourth-order valence-corrected chi connectivity index (χ4v) is 14.5. The van der Waals surface area contributed by atoms with Gasteiger partial charge in [0.25, 0.3) is 11.8 Å². The second-order valence-corrected chi connectivity index (χ2v) is 31.3. The number of ketones is 2. The van der Waals surface area contributed by atoms with Gasteiger partial charge in [-0.05, 0) is 105 Å². The normalized spacial score (nSPS) is 22.7. The number of aliphatic hydroxyl groups excluding tert-OH is 2. The number of methoxy groups -OCH3 is 1. The minimum Gasteiger partial charge on any atom is -0.493 e. The summed E-state index contributed by atoms with van der Waals surface area (Å²) in [5.41, 5.74) is 4.55. The zero-order valence-electron chi connectivity index (χ0n) is 70.8. The van der Waals surface area contributed by atoms with Crippen molar-refractivity contribution in [1.82, 2.24) is 41.7 Å². The fourth-order valence-electron chi connectivity index (χ4n) is 14.5. The molecule has 7 heterocycles. The van der Waals surface area contributed by atoms with E-state index in [0.717, 1.165) is 10.5 Å². The number of ether oxygens (including phenoxy) is 7. The number of fused-ring (bicyclic) bond motifs is 4. The largest absolute Gasteiger partial charge is 0.493 e. The smallest absolute Gasteiger partial charge is 0.416 e. The molecule has 6 unspecified atom stereocenters. The van der Waals surface area contributed by atoms with Gasteiger partial charge in [-0.15, -0.1) is 0 Å². The van der Waals surface area contributed by atoms with E-state index >= 15 is 0 Å². The SMILES string of the molecule is C=C1C[C@H]2CN3C(=O)OCc4ccc(cc4)NC(=O)C(C)NC(=O)C(C)NC(=O)CCOCCCC(=O)C(NC(=O)CCC(=O)O)C(NC(=O)CCC(=O)O)C(=O)NCCOCCC(=O)NC(C)C(=O)CC(C)C(=O)Nc4ccc(cc4)COC(=O)N4c5cc(c(OC)cc5C(=O)N5CC(=C)C[C@H]5[C@@H]4O)OCc4cccc(c4)COc4cc3c(cc4CO)C(=O)N2C1. The van der Waals surface area contributed by atoms with Gasteiger partial charge >= 0.3 is 24.1 Å². The van der Waals surface area contributed by atoms with Crippen LogP contribution in [-0.4, -0.2) is 233 Å². The maximum Gasteiger partial charge on any atom is 0.416 e. The summed E-state index contributed by atoms with van der Waals surface area (Å²) in [5, 5.41) is 61.6. The molecule has 2 fully saturated rings. The third-order valence-corrected chi connectivity index (χ3v) is 21.5. The van der Waals surface area contributed by atoms with Gasteiger partial charge in [-0.25, -0.2) is 14.5 Å². The molecule has 9 atom stereocenters. The molecule has 0 aromatic heterocycles. The van der Waals surface area contributed by atoms with E-state index in [2.05, 4.69) is 55.7 Å². The number of carboxylic acids is 2. The van der Waals surface area contributed by atoms with E-state index in [1.54, 1.807) is 65.6 Å². The van der Waals surface area contributed by atoms with Crippen molar-refractivity contribution in [3.8, 4) is 17.2 Å². The molecule has 39 heteroatoms. The van der Waals surface area contributed by atoms with Crippen LogP contribution in [0.2, 0.25) is 0 Å². The molecule has 5 aromatic carbocycles. The second kappa shape index (κ2) is 44.8. The number of carboxylic acid groups (broad SMARTS) is 2. The number of amides is 12. The summed E-state index contributed by atoms with van der Waals surface area (Å²) < 4.78 is 41.5. The van der Waals surface area contributed by atoms with Crippen LogP contribution in [0.15, 0.2) is 121 Å². The molecule has 0 radical (unpaired) electrons. The first-order chi connectivity index (χ1) is 60.6. The lowest BCUT2D eigenvalue weighted by molar-refractivity contribution is -0.140. The quantitative estimate of drug-likeness (QED) is 0.0856.